The van der Waals surface area contributed by atoms with Gasteiger partial charge in [-0.3, -0.25) is 4.79 Å². The number of hydrogen-bond donors (Lipinski definition) is 1. The first-order valence-corrected chi connectivity index (χ1v) is 7.56. The smallest absolute Gasteiger partial charge is 0.225 e. The molecule has 19 heavy (non-hydrogen) atoms. The Labute approximate surface area is 116 Å². The third kappa shape index (κ3) is 4.77. The topological polar surface area (TPSA) is 41.6 Å². The first kappa shape index (κ1) is 14.8. The highest BCUT2D eigenvalue weighted by Crippen LogP contribution is 2.28. The van der Waals surface area contributed by atoms with Gasteiger partial charge < -0.3 is 15.0 Å². The van der Waals surface area contributed by atoms with Crippen molar-refractivity contribution in [2.24, 2.45) is 5.92 Å². The Balaban J connectivity index is 1.68. The minimum Gasteiger partial charge on any atom is -0.378 e. The van der Waals surface area contributed by atoms with Crippen molar-refractivity contribution < 1.29 is 9.53 Å². The first-order valence-electron chi connectivity index (χ1n) is 7.56. The highest BCUT2D eigenvalue weighted by Gasteiger charge is 2.28. The number of nitrogens with one attached hydrogen (secondary N) is 1. The van der Waals surface area contributed by atoms with Crippen LogP contribution in [0.1, 0.15) is 46.0 Å². The Kier molecular flexibility index (Phi) is 4.85. The van der Waals surface area contributed by atoms with Crippen molar-refractivity contribution in [3.63, 3.8) is 0 Å². The molecule has 0 aromatic rings. The predicted molar refractivity (Wildman–Crippen MR) is 76.0 cm³/mol. The number of methoxy groups -OCH3 is 1. The number of rotatable bonds is 6. The molecule has 1 heterocycles. The number of carbonyl (C=O) groups is 1. The zero-order chi connectivity index (χ0) is 13.9. The second-order valence-electron chi connectivity index (χ2n) is 6.65. The second kappa shape index (κ2) is 6.23. The largest absolute Gasteiger partial charge is 0.378 e. The normalized spacial score (nSPS) is 21.7. The molecule has 4 nitrogen and oxygen atoms in total. The van der Waals surface area contributed by atoms with Crippen LogP contribution in [0.4, 0.5) is 0 Å². The van der Waals surface area contributed by atoms with Gasteiger partial charge in [0, 0.05) is 26.2 Å². The molecule has 1 amide bonds. The van der Waals surface area contributed by atoms with Gasteiger partial charge in [-0.05, 0) is 52.0 Å². The van der Waals surface area contributed by atoms with Crippen LogP contribution in [0.5, 0.6) is 0 Å². The Morgan fingerprint density at radius 1 is 1.26 bits per heavy atom. The molecule has 0 atom stereocenters. The number of hydrogen-bond acceptors (Lipinski definition) is 3. The SMILES string of the molecule is COC(C)(C)CC(=O)N1CCC(NCC2CC2)CC1. The van der Waals surface area contributed by atoms with Crippen molar-refractivity contribution in [3.8, 4) is 0 Å². The summed E-state index contributed by atoms with van der Waals surface area (Å²) in [4.78, 5) is 14.2. The number of amides is 1. The Morgan fingerprint density at radius 2 is 1.89 bits per heavy atom. The maximum Gasteiger partial charge on any atom is 0.225 e. The van der Waals surface area contributed by atoms with Crippen molar-refractivity contribution in [2.45, 2.75) is 57.6 Å². The maximum atomic E-state index is 12.2. The van der Waals surface area contributed by atoms with Crippen molar-refractivity contribution in [3.05, 3.63) is 0 Å². The Hall–Kier alpha value is -0.610. The van der Waals surface area contributed by atoms with Gasteiger partial charge in [0.2, 0.25) is 5.91 Å². The zero-order valence-electron chi connectivity index (χ0n) is 12.6. The van der Waals surface area contributed by atoms with Crippen LogP contribution in [-0.4, -0.2) is 49.2 Å². The van der Waals surface area contributed by atoms with Gasteiger partial charge >= 0.3 is 0 Å². The van der Waals surface area contributed by atoms with E-state index >= 15 is 0 Å². The monoisotopic (exact) mass is 268 g/mol. The molecule has 1 N–H and O–H groups in total. The van der Waals surface area contributed by atoms with Gasteiger partial charge in [-0.1, -0.05) is 0 Å². The quantitative estimate of drug-likeness (QED) is 0.798. The average Bonchev–Trinajstić information content (AvgIpc) is 3.20. The first-order chi connectivity index (χ1) is 9.00. The lowest BCUT2D eigenvalue weighted by atomic mass is 10.0. The molecule has 1 saturated heterocycles. The summed E-state index contributed by atoms with van der Waals surface area (Å²) in [6.07, 6.45) is 5.45. The van der Waals surface area contributed by atoms with Crippen LogP contribution >= 0.6 is 0 Å². The van der Waals surface area contributed by atoms with Crippen molar-refractivity contribution in [1.29, 1.82) is 0 Å². The van der Waals surface area contributed by atoms with E-state index in [4.69, 9.17) is 4.74 Å². The summed E-state index contributed by atoms with van der Waals surface area (Å²) in [5, 5.41) is 3.64. The summed E-state index contributed by atoms with van der Waals surface area (Å²) in [5.41, 5.74) is -0.349. The van der Waals surface area contributed by atoms with Crippen LogP contribution in [0.15, 0.2) is 0 Å². The summed E-state index contributed by atoms with van der Waals surface area (Å²) in [6, 6.07) is 0.611. The van der Waals surface area contributed by atoms with Crippen molar-refractivity contribution in [1.82, 2.24) is 10.2 Å². The van der Waals surface area contributed by atoms with Crippen molar-refractivity contribution in [2.75, 3.05) is 26.7 Å². The number of likely N-dealkylation sites (tertiary alicyclic amines) is 1. The van der Waals surface area contributed by atoms with Crippen LogP contribution in [0.25, 0.3) is 0 Å². The average molecular weight is 268 g/mol. The summed E-state index contributed by atoms with van der Waals surface area (Å²) in [5.74, 6) is 1.16. The molecule has 0 radical (unpaired) electrons. The molecule has 4 heteroatoms. The number of piperidine rings is 1. The van der Waals surface area contributed by atoms with Gasteiger partial charge in [-0.2, -0.15) is 0 Å². The van der Waals surface area contributed by atoms with Crippen molar-refractivity contribution >= 4 is 5.91 Å². The van der Waals surface area contributed by atoms with Gasteiger partial charge in [-0.15, -0.1) is 0 Å². The van der Waals surface area contributed by atoms with E-state index in [1.54, 1.807) is 7.11 Å². The van der Waals surface area contributed by atoms with Crippen LogP contribution in [0, 0.1) is 5.92 Å². The molecule has 1 saturated carbocycles. The van der Waals surface area contributed by atoms with E-state index < -0.39 is 0 Å². The fourth-order valence-electron chi connectivity index (χ4n) is 2.54. The van der Waals surface area contributed by atoms with E-state index in [1.807, 2.05) is 18.7 Å². The lowest BCUT2D eigenvalue weighted by Crippen LogP contribution is -2.46. The third-order valence-electron chi connectivity index (χ3n) is 4.37. The summed E-state index contributed by atoms with van der Waals surface area (Å²) in [6.45, 7) is 6.89. The predicted octanol–water partition coefficient (Wildman–Crippen LogP) is 1.79. The molecule has 0 bridgehead atoms. The Bertz CT molecular complexity index is 305. The molecular formula is C15H28N2O2. The minimum atomic E-state index is -0.349. The van der Waals surface area contributed by atoms with Crippen LogP contribution in [0.3, 0.4) is 0 Å². The summed E-state index contributed by atoms with van der Waals surface area (Å²) < 4.78 is 5.33. The highest BCUT2D eigenvalue weighted by molar-refractivity contribution is 5.77. The highest BCUT2D eigenvalue weighted by atomic mass is 16.5. The molecule has 0 aromatic heterocycles. The molecule has 1 aliphatic heterocycles. The maximum absolute atomic E-state index is 12.2. The molecule has 1 aliphatic carbocycles. The summed E-state index contributed by atoms with van der Waals surface area (Å²) in [7, 11) is 1.67. The second-order valence-corrected chi connectivity index (χ2v) is 6.65. The molecular weight excluding hydrogens is 240 g/mol. The van der Waals surface area contributed by atoms with E-state index in [1.165, 1.54) is 19.4 Å². The summed E-state index contributed by atoms with van der Waals surface area (Å²) >= 11 is 0. The molecule has 0 aromatic carbocycles. The number of carbonyl (C=O) groups excluding carboxylic acids is 1. The van der Waals surface area contributed by atoms with Gasteiger partial charge in [0.25, 0.3) is 0 Å². The fraction of sp³-hybridized carbons (Fsp3) is 0.933. The zero-order valence-corrected chi connectivity index (χ0v) is 12.6. The third-order valence-corrected chi connectivity index (χ3v) is 4.37. The van der Waals surface area contributed by atoms with E-state index in [9.17, 15) is 4.79 Å². The van der Waals surface area contributed by atoms with Gasteiger partial charge in [-0.25, -0.2) is 0 Å². The molecule has 110 valence electrons. The molecule has 2 rings (SSSR count). The van der Waals surface area contributed by atoms with E-state index in [-0.39, 0.29) is 11.5 Å². The van der Waals surface area contributed by atoms with E-state index in [0.29, 0.717) is 12.5 Å². The van der Waals surface area contributed by atoms with Crippen LogP contribution in [-0.2, 0) is 9.53 Å². The standard InChI is InChI=1S/C15H28N2O2/c1-15(2,19-3)10-14(18)17-8-6-13(7-9-17)16-11-12-4-5-12/h12-13,16H,4-11H2,1-3H3. The van der Waals surface area contributed by atoms with Crippen LogP contribution in [0.2, 0.25) is 0 Å². The van der Waals surface area contributed by atoms with Gasteiger partial charge in [0.05, 0.1) is 12.0 Å². The van der Waals surface area contributed by atoms with Gasteiger partial charge in [0.1, 0.15) is 0 Å². The molecule has 0 unspecified atom stereocenters. The number of nitrogens with zero attached hydrogens (tertiary/aromatic N) is 1. The van der Waals surface area contributed by atoms with E-state index in [2.05, 4.69) is 5.32 Å². The molecule has 2 aliphatic rings. The lowest BCUT2D eigenvalue weighted by Gasteiger charge is -2.34. The van der Waals surface area contributed by atoms with Gasteiger partial charge in [0.15, 0.2) is 0 Å². The van der Waals surface area contributed by atoms with Crippen LogP contribution < -0.4 is 5.32 Å². The molecule has 2 fully saturated rings. The Morgan fingerprint density at radius 3 is 2.42 bits per heavy atom. The minimum absolute atomic E-state index is 0.229. The van der Waals surface area contributed by atoms with E-state index in [0.717, 1.165) is 31.8 Å². The fourth-order valence-corrected chi connectivity index (χ4v) is 2.54. The lowest BCUT2D eigenvalue weighted by molar-refractivity contribution is -0.137. The number of ether oxygens (including phenoxy) is 1. The molecule has 0 spiro atoms.